The predicted octanol–water partition coefficient (Wildman–Crippen LogP) is 2.91. The van der Waals surface area contributed by atoms with Crippen molar-refractivity contribution < 1.29 is 5.11 Å². The van der Waals surface area contributed by atoms with Gasteiger partial charge in [-0.05, 0) is 55.4 Å². The largest absolute Gasteiger partial charge is 0.508 e. The van der Waals surface area contributed by atoms with Crippen LogP contribution in [0.4, 0.5) is 0 Å². The van der Waals surface area contributed by atoms with Gasteiger partial charge in [-0.25, -0.2) is 0 Å². The maximum atomic E-state index is 9.58. The first-order chi connectivity index (χ1) is 7.83. The fourth-order valence-corrected chi connectivity index (χ4v) is 2.82. The summed E-state index contributed by atoms with van der Waals surface area (Å²) in [5, 5.41) is 13.3. The standard InChI is InChI=1S/C14H19NO/c16-12-8-7-10-3-1-6-14(13(10)9-12)15-11-4-2-5-11/h7-9,11,14-16H,1-6H2. The molecule has 1 aromatic carbocycles. The molecule has 1 aromatic rings. The summed E-state index contributed by atoms with van der Waals surface area (Å²) in [6, 6.07) is 7.04. The maximum Gasteiger partial charge on any atom is 0.115 e. The molecular formula is C14H19NO. The number of nitrogens with one attached hydrogen (secondary N) is 1. The number of phenolic OH excluding ortho intramolecular Hbond substituents is 1. The van der Waals surface area contributed by atoms with Gasteiger partial charge in [0.2, 0.25) is 0 Å². The van der Waals surface area contributed by atoms with E-state index in [9.17, 15) is 5.11 Å². The molecule has 2 heteroatoms. The van der Waals surface area contributed by atoms with Crippen molar-refractivity contribution in [3.63, 3.8) is 0 Å². The molecule has 1 saturated carbocycles. The quantitative estimate of drug-likeness (QED) is 0.798. The Labute approximate surface area is 96.7 Å². The zero-order valence-electron chi connectivity index (χ0n) is 9.58. The average molecular weight is 217 g/mol. The van der Waals surface area contributed by atoms with Gasteiger partial charge in [0.15, 0.2) is 0 Å². The molecule has 1 atom stereocenters. The first-order valence-corrected chi connectivity index (χ1v) is 6.41. The van der Waals surface area contributed by atoms with Crippen molar-refractivity contribution in [2.75, 3.05) is 0 Å². The second-order valence-corrected chi connectivity index (χ2v) is 5.12. The number of phenols is 1. The van der Waals surface area contributed by atoms with E-state index in [1.807, 2.05) is 12.1 Å². The second-order valence-electron chi connectivity index (χ2n) is 5.12. The molecule has 2 aliphatic rings. The summed E-state index contributed by atoms with van der Waals surface area (Å²) in [6.07, 6.45) is 7.67. The minimum Gasteiger partial charge on any atom is -0.508 e. The number of rotatable bonds is 2. The van der Waals surface area contributed by atoms with Gasteiger partial charge in [-0.15, -0.1) is 0 Å². The molecule has 16 heavy (non-hydrogen) atoms. The topological polar surface area (TPSA) is 32.3 Å². The summed E-state index contributed by atoms with van der Waals surface area (Å²) >= 11 is 0. The van der Waals surface area contributed by atoms with Gasteiger partial charge < -0.3 is 10.4 Å². The fourth-order valence-electron chi connectivity index (χ4n) is 2.82. The lowest BCUT2D eigenvalue weighted by Crippen LogP contribution is -2.39. The Morgan fingerprint density at radius 1 is 1.12 bits per heavy atom. The first-order valence-electron chi connectivity index (χ1n) is 6.41. The van der Waals surface area contributed by atoms with Crippen LogP contribution in [-0.4, -0.2) is 11.1 Å². The minimum absolute atomic E-state index is 0.404. The minimum atomic E-state index is 0.404. The Morgan fingerprint density at radius 3 is 2.75 bits per heavy atom. The van der Waals surface area contributed by atoms with Crippen LogP contribution in [-0.2, 0) is 6.42 Å². The highest BCUT2D eigenvalue weighted by Gasteiger charge is 2.25. The molecule has 2 nitrogen and oxygen atoms in total. The van der Waals surface area contributed by atoms with Gasteiger partial charge in [0.1, 0.15) is 5.75 Å². The van der Waals surface area contributed by atoms with E-state index in [-0.39, 0.29) is 0 Å². The van der Waals surface area contributed by atoms with Crippen molar-refractivity contribution >= 4 is 0 Å². The summed E-state index contributed by atoms with van der Waals surface area (Å²) in [5.74, 6) is 0.404. The second kappa shape index (κ2) is 4.10. The molecule has 0 aliphatic heterocycles. The monoisotopic (exact) mass is 217 g/mol. The number of hydrogen-bond donors (Lipinski definition) is 2. The summed E-state index contributed by atoms with van der Waals surface area (Å²) in [5.41, 5.74) is 2.75. The van der Waals surface area contributed by atoms with Crippen molar-refractivity contribution in [2.45, 2.75) is 50.6 Å². The Balaban J connectivity index is 1.83. The van der Waals surface area contributed by atoms with Crippen molar-refractivity contribution in [3.8, 4) is 5.75 Å². The predicted molar refractivity (Wildman–Crippen MR) is 64.6 cm³/mol. The Morgan fingerprint density at radius 2 is 2.00 bits per heavy atom. The Kier molecular flexibility index (Phi) is 2.60. The molecule has 0 heterocycles. The number of hydrogen-bond acceptors (Lipinski definition) is 2. The molecular weight excluding hydrogens is 198 g/mol. The third-order valence-corrected chi connectivity index (χ3v) is 3.99. The normalized spacial score (nSPS) is 24.9. The van der Waals surface area contributed by atoms with E-state index in [1.54, 1.807) is 0 Å². The summed E-state index contributed by atoms with van der Waals surface area (Å²) in [7, 11) is 0. The van der Waals surface area contributed by atoms with Crippen molar-refractivity contribution in [2.24, 2.45) is 0 Å². The Bertz CT molecular complexity index is 384. The molecule has 2 N–H and O–H groups in total. The molecule has 0 saturated heterocycles. The van der Waals surface area contributed by atoms with Crippen molar-refractivity contribution in [1.82, 2.24) is 5.32 Å². The van der Waals surface area contributed by atoms with E-state index in [0.29, 0.717) is 11.8 Å². The third-order valence-electron chi connectivity index (χ3n) is 3.99. The van der Waals surface area contributed by atoms with E-state index in [4.69, 9.17) is 0 Å². The molecule has 0 bridgehead atoms. The molecule has 3 rings (SSSR count). The number of benzene rings is 1. The smallest absolute Gasteiger partial charge is 0.115 e. The lowest BCUT2D eigenvalue weighted by atomic mass is 9.85. The van der Waals surface area contributed by atoms with Crippen LogP contribution in [0.15, 0.2) is 18.2 Å². The van der Waals surface area contributed by atoms with E-state index < -0.39 is 0 Å². The zero-order valence-corrected chi connectivity index (χ0v) is 9.58. The molecule has 1 fully saturated rings. The van der Waals surface area contributed by atoms with Crippen LogP contribution in [0.5, 0.6) is 5.75 Å². The van der Waals surface area contributed by atoms with Gasteiger partial charge >= 0.3 is 0 Å². The zero-order chi connectivity index (χ0) is 11.0. The maximum absolute atomic E-state index is 9.58. The molecule has 2 aliphatic carbocycles. The van der Waals surface area contributed by atoms with Gasteiger partial charge in [0.05, 0.1) is 0 Å². The lowest BCUT2D eigenvalue weighted by molar-refractivity contribution is 0.290. The highest BCUT2D eigenvalue weighted by molar-refractivity contribution is 5.38. The fraction of sp³-hybridized carbons (Fsp3) is 0.571. The van der Waals surface area contributed by atoms with Gasteiger partial charge in [-0.2, -0.15) is 0 Å². The molecule has 0 amide bonds. The molecule has 0 aromatic heterocycles. The van der Waals surface area contributed by atoms with E-state index >= 15 is 0 Å². The number of aromatic hydroxyl groups is 1. The van der Waals surface area contributed by atoms with Crippen LogP contribution in [0.3, 0.4) is 0 Å². The van der Waals surface area contributed by atoms with Gasteiger partial charge in [-0.1, -0.05) is 12.5 Å². The lowest BCUT2D eigenvalue weighted by Gasteiger charge is -2.34. The number of fused-ring (bicyclic) bond motifs is 1. The van der Waals surface area contributed by atoms with Crippen LogP contribution in [0.25, 0.3) is 0 Å². The van der Waals surface area contributed by atoms with Crippen LogP contribution in [0.2, 0.25) is 0 Å². The van der Waals surface area contributed by atoms with Crippen LogP contribution in [0.1, 0.15) is 49.3 Å². The summed E-state index contributed by atoms with van der Waals surface area (Å²) in [6.45, 7) is 0. The van der Waals surface area contributed by atoms with E-state index in [1.165, 1.54) is 49.7 Å². The van der Waals surface area contributed by atoms with Crippen LogP contribution < -0.4 is 5.32 Å². The van der Waals surface area contributed by atoms with Crippen LogP contribution in [0, 0.1) is 0 Å². The van der Waals surface area contributed by atoms with Crippen molar-refractivity contribution in [1.29, 1.82) is 0 Å². The summed E-state index contributed by atoms with van der Waals surface area (Å²) in [4.78, 5) is 0. The Hall–Kier alpha value is -1.02. The molecule has 1 unspecified atom stereocenters. The first kappa shape index (κ1) is 10.2. The third kappa shape index (κ3) is 1.82. The van der Waals surface area contributed by atoms with Gasteiger partial charge in [0, 0.05) is 12.1 Å². The van der Waals surface area contributed by atoms with Crippen molar-refractivity contribution in [3.05, 3.63) is 29.3 Å². The SMILES string of the molecule is Oc1ccc2c(c1)C(NC1CCC1)CCC2. The van der Waals surface area contributed by atoms with Crippen LogP contribution >= 0.6 is 0 Å². The molecule has 86 valence electrons. The van der Waals surface area contributed by atoms with Gasteiger partial charge in [-0.3, -0.25) is 0 Å². The highest BCUT2D eigenvalue weighted by Crippen LogP contribution is 2.34. The van der Waals surface area contributed by atoms with Gasteiger partial charge in [0.25, 0.3) is 0 Å². The number of aryl methyl sites for hydroxylation is 1. The van der Waals surface area contributed by atoms with E-state index in [0.717, 1.165) is 6.04 Å². The van der Waals surface area contributed by atoms with E-state index in [2.05, 4.69) is 11.4 Å². The average Bonchev–Trinajstić information content (AvgIpc) is 2.23. The molecule has 0 radical (unpaired) electrons. The molecule has 0 spiro atoms. The highest BCUT2D eigenvalue weighted by atomic mass is 16.3. The summed E-state index contributed by atoms with van der Waals surface area (Å²) < 4.78 is 0.